The summed E-state index contributed by atoms with van der Waals surface area (Å²) in [6, 6.07) is 15.8. The highest BCUT2D eigenvalue weighted by molar-refractivity contribution is 7.99. The van der Waals surface area contributed by atoms with Crippen LogP contribution >= 0.6 is 23.4 Å². The molecule has 0 fully saturated rings. The second-order valence-corrected chi connectivity index (χ2v) is 4.82. The maximum absolute atomic E-state index is 5.93. The Labute approximate surface area is 104 Å². The maximum atomic E-state index is 5.93. The van der Waals surface area contributed by atoms with E-state index >= 15 is 0 Å². The Hall–Kier alpha value is -1.12. The summed E-state index contributed by atoms with van der Waals surface area (Å²) >= 11 is 7.61. The van der Waals surface area contributed by atoms with Crippen LogP contribution in [0.4, 0.5) is 0 Å². The summed E-state index contributed by atoms with van der Waals surface area (Å²) in [6.07, 6.45) is 0. The largest absolute Gasteiger partial charge is 0.497 e. The molecule has 0 aliphatic carbocycles. The summed E-state index contributed by atoms with van der Waals surface area (Å²) < 4.78 is 5.11. The molecule has 0 saturated carbocycles. The molecular formula is C13H11ClOS. The Morgan fingerprint density at radius 3 is 2.38 bits per heavy atom. The zero-order valence-corrected chi connectivity index (χ0v) is 10.4. The van der Waals surface area contributed by atoms with E-state index in [2.05, 4.69) is 0 Å². The summed E-state index contributed by atoms with van der Waals surface area (Å²) in [5.74, 6) is 0.871. The minimum atomic E-state index is 0.763. The predicted octanol–water partition coefficient (Wildman–Crippen LogP) is 4.50. The molecule has 0 spiro atoms. The molecule has 0 bridgehead atoms. The average molecular weight is 251 g/mol. The Morgan fingerprint density at radius 1 is 1.00 bits per heavy atom. The first-order valence-electron chi connectivity index (χ1n) is 4.85. The molecule has 0 aliphatic heterocycles. The minimum absolute atomic E-state index is 0.763. The molecule has 82 valence electrons. The zero-order valence-electron chi connectivity index (χ0n) is 8.81. The molecule has 0 N–H and O–H groups in total. The van der Waals surface area contributed by atoms with Gasteiger partial charge in [-0.1, -0.05) is 29.4 Å². The second kappa shape index (κ2) is 5.28. The van der Waals surface area contributed by atoms with E-state index in [1.807, 2.05) is 48.5 Å². The van der Waals surface area contributed by atoms with Crippen molar-refractivity contribution in [3.8, 4) is 5.75 Å². The van der Waals surface area contributed by atoms with Crippen LogP contribution in [-0.4, -0.2) is 7.11 Å². The molecular weight excluding hydrogens is 240 g/mol. The molecule has 0 amide bonds. The fourth-order valence-corrected chi connectivity index (χ4v) is 2.44. The number of ether oxygens (including phenoxy) is 1. The Morgan fingerprint density at radius 2 is 1.75 bits per heavy atom. The van der Waals surface area contributed by atoms with E-state index in [0.29, 0.717) is 0 Å². The van der Waals surface area contributed by atoms with Crippen LogP contribution in [-0.2, 0) is 0 Å². The van der Waals surface area contributed by atoms with Gasteiger partial charge in [0.15, 0.2) is 0 Å². The van der Waals surface area contributed by atoms with Gasteiger partial charge < -0.3 is 4.74 Å². The van der Waals surface area contributed by atoms with Crippen molar-refractivity contribution in [1.29, 1.82) is 0 Å². The first kappa shape index (κ1) is 11.4. The van der Waals surface area contributed by atoms with Gasteiger partial charge in [0.25, 0.3) is 0 Å². The minimum Gasteiger partial charge on any atom is -0.497 e. The lowest BCUT2D eigenvalue weighted by molar-refractivity contribution is 0.414. The van der Waals surface area contributed by atoms with Crippen LogP contribution in [0.15, 0.2) is 58.3 Å². The van der Waals surface area contributed by atoms with Crippen molar-refractivity contribution < 1.29 is 4.74 Å². The summed E-state index contributed by atoms with van der Waals surface area (Å²) in [4.78, 5) is 2.31. The highest BCUT2D eigenvalue weighted by Gasteiger charge is 1.98. The molecule has 0 heterocycles. The number of hydrogen-bond acceptors (Lipinski definition) is 2. The summed E-state index contributed by atoms with van der Waals surface area (Å²) in [7, 11) is 1.67. The fourth-order valence-electron chi connectivity index (χ4n) is 1.31. The molecule has 0 unspecified atom stereocenters. The molecule has 0 aliphatic rings. The van der Waals surface area contributed by atoms with E-state index in [9.17, 15) is 0 Å². The molecule has 0 atom stereocenters. The van der Waals surface area contributed by atoms with Gasteiger partial charge in [0.1, 0.15) is 5.75 Å². The van der Waals surface area contributed by atoms with Gasteiger partial charge in [-0.25, -0.2) is 0 Å². The lowest BCUT2D eigenvalue weighted by atomic mass is 10.3. The van der Waals surface area contributed by atoms with E-state index in [-0.39, 0.29) is 0 Å². The number of halogens is 1. The fraction of sp³-hybridized carbons (Fsp3) is 0.0769. The van der Waals surface area contributed by atoms with Gasteiger partial charge in [-0.15, -0.1) is 0 Å². The van der Waals surface area contributed by atoms with Gasteiger partial charge in [-0.05, 0) is 42.5 Å². The van der Waals surface area contributed by atoms with E-state index in [1.54, 1.807) is 18.9 Å². The first-order valence-corrected chi connectivity index (χ1v) is 6.05. The van der Waals surface area contributed by atoms with Crippen molar-refractivity contribution in [3.63, 3.8) is 0 Å². The number of rotatable bonds is 3. The van der Waals surface area contributed by atoms with Crippen molar-refractivity contribution in [2.24, 2.45) is 0 Å². The van der Waals surface area contributed by atoms with Gasteiger partial charge in [0, 0.05) is 14.8 Å². The first-order chi connectivity index (χ1) is 7.78. The third-order valence-corrected chi connectivity index (χ3v) is 3.32. The lowest BCUT2D eigenvalue weighted by Crippen LogP contribution is -1.81. The topological polar surface area (TPSA) is 9.23 Å². The Bertz CT molecular complexity index is 468. The van der Waals surface area contributed by atoms with Crippen LogP contribution in [0.5, 0.6) is 5.75 Å². The van der Waals surface area contributed by atoms with Crippen LogP contribution < -0.4 is 4.74 Å². The smallest absolute Gasteiger partial charge is 0.118 e. The second-order valence-electron chi connectivity index (χ2n) is 3.23. The Balaban J connectivity index is 2.14. The van der Waals surface area contributed by atoms with Crippen molar-refractivity contribution in [3.05, 3.63) is 53.6 Å². The van der Waals surface area contributed by atoms with Crippen molar-refractivity contribution in [2.75, 3.05) is 7.11 Å². The number of hydrogen-bond donors (Lipinski definition) is 0. The zero-order chi connectivity index (χ0) is 11.4. The SMILES string of the molecule is COc1ccc(Sc2cccc(Cl)c2)cc1. The molecule has 2 rings (SSSR count). The normalized spacial score (nSPS) is 10.1. The van der Waals surface area contributed by atoms with Crippen LogP contribution in [0.25, 0.3) is 0 Å². The number of benzene rings is 2. The van der Waals surface area contributed by atoms with Gasteiger partial charge in [0.2, 0.25) is 0 Å². The molecule has 0 saturated heterocycles. The van der Waals surface area contributed by atoms with E-state index in [0.717, 1.165) is 15.7 Å². The highest BCUT2D eigenvalue weighted by atomic mass is 35.5. The maximum Gasteiger partial charge on any atom is 0.118 e. The summed E-state index contributed by atoms with van der Waals surface area (Å²) in [5, 5.41) is 0.763. The standard InChI is InChI=1S/C13H11ClOS/c1-15-11-5-7-12(8-6-11)16-13-4-2-3-10(14)9-13/h2-9H,1H3. The van der Waals surface area contributed by atoms with Crippen molar-refractivity contribution in [2.45, 2.75) is 9.79 Å². The summed E-state index contributed by atoms with van der Waals surface area (Å²) in [5.41, 5.74) is 0. The van der Waals surface area contributed by atoms with E-state index in [1.165, 1.54) is 4.90 Å². The molecule has 3 heteroatoms. The summed E-state index contributed by atoms with van der Waals surface area (Å²) in [6.45, 7) is 0. The van der Waals surface area contributed by atoms with Gasteiger partial charge in [-0.2, -0.15) is 0 Å². The molecule has 16 heavy (non-hydrogen) atoms. The monoisotopic (exact) mass is 250 g/mol. The lowest BCUT2D eigenvalue weighted by Gasteiger charge is -2.03. The van der Waals surface area contributed by atoms with Crippen LogP contribution in [0.3, 0.4) is 0 Å². The quantitative estimate of drug-likeness (QED) is 0.793. The predicted molar refractivity (Wildman–Crippen MR) is 68.6 cm³/mol. The molecule has 2 aromatic rings. The number of methoxy groups -OCH3 is 1. The van der Waals surface area contributed by atoms with Crippen LogP contribution in [0.1, 0.15) is 0 Å². The van der Waals surface area contributed by atoms with Gasteiger partial charge in [-0.3, -0.25) is 0 Å². The average Bonchev–Trinajstić information content (AvgIpc) is 2.30. The third-order valence-electron chi connectivity index (χ3n) is 2.09. The van der Waals surface area contributed by atoms with Crippen LogP contribution in [0, 0.1) is 0 Å². The molecule has 1 nitrogen and oxygen atoms in total. The molecule has 0 radical (unpaired) electrons. The van der Waals surface area contributed by atoms with Crippen LogP contribution in [0.2, 0.25) is 5.02 Å². The molecule has 0 aromatic heterocycles. The van der Waals surface area contributed by atoms with Crippen molar-refractivity contribution in [1.82, 2.24) is 0 Å². The van der Waals surface area contributed by atoms with Gasteiger partial charge >= 0.3 is 0 Å². The Kier molecular flexibility index (Phi) is 3.75. The van der Waals surface area contributed by atoms with E-state index < -0.39 is 0 Å². The van der Waals surface area contributed by atoms with E-state index in [4.69, 9.17) is 16.3 Å². The van der Waals surface area contributed by atoms with Gasteiger partial charge in [0.05, 0.1) is 7.11 Å². The molecule has 2 aromatic carbocycles. The third kappa shape index (κ3) is 2.94. The van der Waals surface area contributed by atoms with Crippen molar-refractivity contribution >= 4 is 23.4 Å². The highest BCUT2D eigenvalue weighted by Crippen LogP contribution is 2.30.